The van der Waals surface area contributed by atoms with Gasteiger partial charge in [-0.15, -0.1) is 0 Å². The van der Waals surface area contributed by atoms with Crippen LogP contribution in [-0.4, -0.2) is 11.9 Å². The summed E-state index contributed by atoms with van der Waals surface area (Å²) in [6.45, 7) is 0. The summed E-state index contributed by atoms with van der Waals surface area (Å²) in [5.41, 5.74) is 8.53. The number of benzene rings is 1. The highest BCUT2D eigenvalue weighted by atomic mass is 16.2. The Morgan fingerprint density at radius 2 is 2.00 bits per heavy atom. The lowest BCUT2D eigenvalue weighted by molar-refractivity contribution is -0.118. The van der Waals surface area contributed by atoms with Crippen molar-refractivity contribution in [3.63, 3.8) is 0 Å². The molecule has 1 aromatic rings. The smallest absolute Gasteiger partial charge is 0.231 e. The van der Waals surface area contributed by atoms with Crippen LogP contribution in [0, 0.1) is 17.2 Å². The Labute approximate surface area is 112 Å². The van der Waals surface area contributed by atoms with Gasteiger partial charge in [-0.2, -0.15) is 5.26 Å². The number of hydrogen-bond acceptors (Lipinski definition) is 3. The van der Waals surface area contributed by atoms with Gasteiger partial charge >= 0.3 is 0 Å². The highest BCUT2D eigenvalue weighted by Gasteiger charge is 2.35. The van der Waals surface area contributed by atoms with Crippen LogP contribution in [0.3, 0.4) is 0 Å². The molecule has 4 heteroatoms. The van der Waals surface area contributed by atoms with Crippen LogP contribution in [0.15, 0.2) is 18.2 Å². The van der Waals surface area contributed by atoms with Gasteiger partial charge in [0.2, 0.25) is 5.91 Å². The van der Waals surface area contributed by atoms with E-state index in [9.17, 15) is 4.79 Å². The summed E-state index contributed by atoms with van der Waals surface area (Å²) in [4.78, 5) is 14.1. The molecule has 0 unspecified atom stereocenters. The predicted octanol–water partition coefficient (Wildman–Crippen LogP) is 2.24. The molecule has 1 saturated carbocycles. The van der Waals surface area contributed by atoms with E-state index >= 15 is 0 Å². The van der Waals surface area contributed by atoms with Crippen molar-refractivity contribution in [2.75, 3.05) is 10.6 Å². The van der Waals surface area contributed by atoms with Crippen LogP contribution in [0.1, 0.15) is 31.2 Å². The first-order valence-corrected chi connectivity index (χ1v) is 6.79. The van der Waals surface area contributed by atoms with Crippen LogP contribution in [0.5, 0.6) is 0 Å². The summed E-state index contributed by atoms with van der Waals surface area (Å²) in [5, 5.41) is 8.94. The Morgan fingerprint density at radius 3 is 2.68 bits per heavy atom. The van der Waals surface area contributed by atoms with Crippen LogP contribution in [0.25, 0.3) is 0 Å². The van der Waals surface area contributed by atoms with Crippen molar-refractivity contribution in [3.05, 3.63) is 23.8 Å². The number of nitrogens with two attached hydrogens (primary N) is 1. The lowest BCUT2D eigenvalue weighted by atomic mass is 9.86. The number of rotatable bonds is 1. The Hall–Kier alpha value is -2.02. The number of amides is 1. The van der Waals surface area contributed by atoms with E-state index in [2.05, 4.69) is 6.07 Å². The van der Waals surface area contributed by atoms with Gasteiger partial charge in [-0.3, -0.25) is 4.79 Å². The second-order valence-corrected chi connectivity index (χ2v) is 5.46. The van der Waals surface area contributed by atoms with Crippen LogP contribution in [0.4, 0.5) is 11.4 Å². The zero-order chi connectivity index (χ0) is 13.4. The first-order valence-electron chi connectivity index (χ1n) is 6.79. The summed E-state index contributed by atoms with van der Waals surface area (Å²) in [6, 6.07) is 8.28. The van der Waals surface area contributed by atoms with Gasteiger partial charge < -0.3 is 10.6 Å². The molecule has 1 amide bonds. The largest absolute Gasteiger partial charge is 0.399 e. The van der Waals surface area contributed by atoms with Gasteiger partial charge in [0.1, 0.15) is 0 Å². The van der Waals surface area contributed by atoms with Crippen molar-refractivity contribution in [2.45, 2.75) is 38.1 Å². The van der Waals surface area contributed by atoms with Crippen LogP contribution in [-0.2, 0) is 11.2 Å². The van der Waals surface area contributed by atoms with Gasteiger partial charge in [0.25, 0.3) is 0 Å². The zero-order valence-electron chi connectivity index (χ0n) is 10.8. The number of hydrogen-bond donors (Lipinski definition) is 1. The molecular weight excluding hydrogens is 238 g/mol. The molecule has 0 radical (unpaired) electrons. The lowest BCUT2D eigenvalue weighted by Crippen LogP contribution is -2.40. The maximum absolute atomic E-state index is 12.2. The third kappa shape index (κ3) is 2.06. The van der Waals surface area contributed by atoms with E-state index in [1.54, 1.807) is 0 Å². The number of carbonyl (C=O) groups is 1. The van der Waals surface area contributed by atoms with Gasteiger partial charge in [0.05, 0.1) is 12.5 Å². The van der Waals surface area contributed by atoms with Gasteiger partial charge in [0.15, 0.2) is 0 Å². The highest BCUT2D eigenvalue weighted by molar-refractivity contribution is 6.02. The first-order chi connectivity index (χ1) is 9.19. The van der Waals surface area contributed by atoms with Crippen molar-refractivity contribution < 1.29 is 4.79 Å². The fraction of sp³-hybridized carbons (Fsp3) is 0.467. The van der Waals surface area contributed by atoms with Crippen molar-refractivity contribution in [1.29, 1.82) is 5.26 Å². The van der Waals surface area contributed by atoms with Crippen molar-refractivity contribution in [2.24, 2.45) is 5.92 Å². The Kier molecular flexibility index (Phi) is 2.90. The standard InChI is InChI=1S/C15H17N3O/c16-9-10-1-4-13(5-2-10)18-14-6-3-12(17)7-11(14)8-15(18)19/h3,6-7,10,13H,1-2,4-5,8,17H2. The quantitative estimate of drug-likeness (QED) is 0.782. The van der Waals surface area contributed by atoms with Crippen LogP contribution in [0.2, 0.25) is 0 Å². The number of carbonyl (C=O) groups excluding carboxylic acids is 1. The minimum atomic E-state index is 0.167. The summed E-state index contributed by atoms with van der Waals surface area (Å²) < 4.78 is 0. The minimum absolute atomic E-state index is 0.167. The van der Waals surface area contributed by atoms with E-state index in [1.807, 2.05) is 23.1 Å². The van der Waals surface area contributed by atoms with E-state index in [1.165, 1.54) is 0 Å². The molecule has 1 fully saturated rings. The number of fused-ring (bicyclic) bond motifs is 1. The topological polar surface area (TPSA) is 70.1 Å². The lowest BCUT2D eigenvalue weighted by Gasteiger charge is -2.33. The number of nitrogens with zero attached hydrogens (tertiary/aromatic N) is 2. The molecule has 2 aliphatic rings. The van der Waals surface area contributed by atoms with E-state index in [0.29, 0.717) is 12.1 Å². The summed E-state index contributed by atoms with van der Waals surface area (Å²) in [6.07, 6.45) is 4.10. The fourth-order valence-electron chi connectivity index (χ4n) is 3.23. The Balaban J connectivity index is 1.83. The average Bonchev–Trinajstić information content (AvgIpc) is 2.74. The van der Waals surface area contributed by atoms with Gasteiger partial charge in [0, 0.05) is 23.3 Å². The Bertz CT molecular complexity index is 553. The second kappa shape index (κ2) is 4.58. The SMILES string of the molecule is N#CC1CCC(N2C(=O)Cc3cc(N)ccc32)CC1. The third-order valence-corrected chi connectivity index (χ3v) is 4.22. The normalized spacial score (nSPS) is 26.1. The maximum atomic E-state index is 12.2. The molecule has 1 aliphatic carbocycles. The fourth-order valence-corrected chi connectivity index (χ4v) is 3.23. The number of anilines is 2. The molecule has 3 rings (SSSR count). The molecule has 0 aromatic heterocycles. The maximum Gasteiger partial charge on any atom is 0.231 e. The van der Waals surface area contributed by atoms with Crippen molar-refractivity contribution >= 4 is 17.3 Å². The highest BCUT2D eigenvalue weighted by Crippen LogP contribution is 2.37. The molecule has 2 N–H and O–H groups in total. The van der Waals surface area contributed by atoms with E-state index < -0.39 is 0 Å². The minimum Gasteiger partial charge on any atom is -0.399 e. The summed E-state index contributed by atoms with van der Waals surface area (Å²) in [5.74, 6) is 0.334. The molecular formula is C15H17N3O. The number of nitrogen functional groups attached to an aromatic ring is 1. The van der Waals surface area contributed by atoms with E-state index in [0.717, 1.165) is 36.9 Å². The number of nitriles is 1. The molecule has 0 atom stereocenters. The van der Waals surface area contributed by atoms with Crippen LogP contribution < -0.4 is 10.6 Å². The second-order valence-electron chi connectivity index (χ2n) is 5.46. The zero-order valence-corrected chi connectivity index (χ0v) is 10.8. The van der Waals surface area contributed by atoms with Crippen molar-refractivity contribution in [3.8, 4) is 6.07 Å². The molecule has 0 saturated heterocycles. The van der Waals surface area contributed by atoms with E-state index in [4.69, 9.17) is 11.0 Å². The summed E-state index contributed by atoms with van der Waals surface area (Å²) >= 11 is 0. The molecule has 4 nitrogen and oxygen atoms in total. The molecule has 0 bridgehead atoms. The molecule has 19 heavy (non-hydrogen) atoms. The van der Waals surface area contributed by atoms with Gasteiger partial charge in [-0.1, -0.05) is 0 Å². The Morgan fingerprint density at radius 1 is 1.26 bits per heavy atom. The molecule has 0 spiro atoms. The van der Waals surface area contributed by atoms with Gasteiger partial charge in [-0.05, 0) is 49.4 Å². The van der Waals surface area contributed by atoms with Gasteiger partial charge in [-0.25, -0.2) is 0 Å². The van der Waals surface area contributed by atoms with E-state index in [-0.39, 0.29) is 17.9 Å². The van der Waals surface area contributed by atoms with Crippen LogP contribution >= 0.6 is 0 Å². The predicted molar refractivity (Wildman–Crippen MR) is 73.4 cm³/mol. The summed E-state index contributed by atoms with van der Waals surface area (Å²) in [7, 11) is 0. The molecule has 1 aromatic carbocycles. The monoisotopic (exact) mass is 255 g/mol. The molecule has 1 aliphatic heterocycles. The third-order valence-electron chi connectivity index (χ3n) is 4.22. The molecule has 98 valence electrons. The average molecular weight is 255 g/mol. The first kappa shape index (κ1) is 12.0. The van der Waals surface area contributed by atoms with Crippen molar-refractivity contribution in [1.82, 2.24) is 0 Å². The molecule has 1 heterocycles.